The van der Waals surface area contributed by atoms with E-state index in [1.54, 1.807) is 30.6 Å². The summed E-state index contributed by atoms with van der Waals surface area (Å²) in [6.45, 7) is 3.79. The monoisotopic (exact) mass is 442 g/mol. The SMILES string of the molecule is C=Cc1c(I)cc(-c2ccc(OC(F)(F)F)cc2)c2nccnc12. The number of hydrogen-bond donors (Lipinski definition) is 0. The van der Waals surface area contributed by atoms with Crippen LogP contribution < -0.4 is 4.74 Å². The first-order valence-corrected chi connectivity index (χ1v) is 7.89. The molecule has 3 nitrogen and oxygen atoms in total. The molecular formula is C17H10F3IN2O. The Hall–Kier alpha value is -2.16. The van der Waals surface area contributed by atoms with Gasteiger partial charge in [0.15, 0.2) is 0 Å². The molecular weight excluding hydrogens is 432 g/mol. The molecule has 7 heteroatoms. The van der Waals surface area contributed by atoms with Gasteiger partial charge in [0.25, 0.3) is 0 Å². The van der Waals surface area contributed by atoms with Crippen molar-refractivity contribution in [2.24, 2.45) is 0 Å². The third-order valence-electron chi connectivity index (χ3n) is 3.34. The highest BCUT2D eigenvalue weighted by atomic mass is 127. The van der Waals surface area contributed by atoms with Crippen LogP contribution in [0, 0.1) is 3.57 Å². The number of rotatable bonds is 3. The fraction of sp³-hybridized carbons (Fsp3) is 0.0588. The van der Waals surface area contributed by atoms with Crippen LogP contribution in [0.4, 0.5) is 13.2 Å². The van der Waals surface area contributed by atoms with E-state index in [-0.39, 0.29) is 5.75 Å². The molecule has 1 heterocycles. The summed E-state index contributed by atoms with van der Waals surface area (Å²) in [7, 11) is 0. The predicted molar refractivity (Wildman–Crippen MR) is 94.5 cm³/mol. The summed E-state index contributed by atoms with van der Waals surface area (Å²) in [6, 6.07) is 7.59. The topological polar surface area (TPSA) is 35.0 Å². The van der Waals surface area contributed by atoms with E-state index in [1.165, 1.54) is 12.1 Å². The second-order valence-corrected chi connectivity index (χ2v) is 6.01. The molecule has 24 heavy (non-hydrogen) atoms. The van der Waals surface area contributed by atoms with E-state index < -0.39 is 6.36 Å². The largest absolute Gasteiger partial charge is 0.573 e. The van der Waals surface area contributed by atoms with Crippen LogP contribution in [0.15, 0.2) is 49.3 Å². The van der Waals surface area contributed by atoms with Crippen molar-refractivity contribution >= 4 is 39.7 Å². The van der Waals surface area contributed by atoms with Gasteiger partial charge in [0.05, 0.1) is 11.0 Å². The molecule has 0 radical (unpaired) electrons. The molecule has 0 atom stereocenters. The zero-order chi connectivity index (χ0) is 17.3. The smallest absolute Gasteiger partial charge is 0.406 e. The summed E-state index contributed by atoms with van der Waals surface area (Å²) < 4.78 is 41.6. The van der Waals surface area contributed by atoms with Crippen LogP contribution in [-0.4, -0.2) is 16.3 Å². The van der Waals surface area contributed by atoms with E-state index in [0.29, 0.717) is 11.0 Å². The lowest BCUT2D eigenvalue weighted by atomic mass is 10.0. The van der Waals surface area contributed by atoms with E-state index in [2.05, 4.69) is 43.9 Å². The number of benzene rings is 2. The average molecular weight is 442 g/mol. The second kappa shape index (κ2) is 6.39. The van der Waals surface area contributed by atoms with E-state index in [0.717, 1.165) is 20.3 Å². The first-order chi connectivity index (χ1) is 11.4. The Morgan fingerprint density at radius 2 is 1.67 bits per heavy atom. The molecule has 0 saturated heterocycles. The van der Waals surface area contributed by atoms with E-state index in [1.807, 2.05) is 6.07 Å². The summed E-state index contributed by atoms with van der Waals surface area (Å²) in [4.78, 5) is 8.72. The molecule has 3 rings (SSSR count). The fourth-order valence-electron chi connectivity index (χ4n) is 2.37. The quantitative estimate of drug-likeness (QED) is 0.507. The Morgan fingerprint density at radius 1 is 1.04 bits per heavy atom. The third-order valence-corrected chi connectivity index (χ3v) is 4.23. The minimum Gasteiger partial charge on any atom is -0.406 e. The van der Waals surface area contributed by atoms with Gasteiger partial charge < -0.3 is 4.74 Å². The minimum absolute atomic E-state index is 0.265. The number of hydrogen-bond acceptors (Lipinski definition) is 3. The molecule has 0 unspecified atom stereocenters. The second-order valence-electron chi connectivity index (χ2n) is 4.85. The summed E-state index contributed by atoms with van der Waals surface area (Å²) in [5.41, 5.74) is 3.75. The van der Waals surface area contributed by atoms with Gasteiger partial charge in [0.1, 0.15) is 5.75 Å². The van der Waals surface area contributed by atoms with Gasteiger partial charge in [-0.05, 0) is 46.4 Å². The maximum Gasteiger partial charge on any atom is 0.573 e. The van der Waals surface area contributed by atoms with Crippen molar-refractivity contribution in [1.29, 1.82) is 0 Å². The summed E-state index contributed by atoms with van der Waals surface area (Å²) >= 11 is 2.17. The Morgan fingerprint density at radius 3 is 2.25 bits per heavy atom. The van der Waals surface area contributed by atoms with Crippen molar-refractivity contribution in [3.63, 3.8) is 0 Å². The predicted octanol–water partition coefficient (Wildman–Crippen LogP) is 5.44. The van der Waals surface area contributed by atoms with Gasteiger partial charge in [-0.2, -0.15) is 0 Å². The van der Waals surface area contributed by atoms with Gasteiger partial charge >= 0.3 is 6.36 Å². The summed E-state index contributed by atoms with van der Waals surface area (Å²) in [5, 5.41) is 0. The maximum atomic E-state index is 12.3. The molecule has 0 aliphatic carbocycles. The van der Waals surface area contributed by atoms with Crippen molar-refractivity contribution in [2.75, 3.05) is 0 Å². The number of alkyl halides is 3. The molecule has 0 N–H and O–H groups in total. The molecule has 0 fully saturated rings. The molecule has 0 aliphatic rings. The van der Waals surface area contributed by atoms with Crippen LogP contribution in [0.2, 0.25) is 0 Å². The van der Waals surface area contributed by atoms with Crippen molar-refractivity contribution in [3.05, 3.63) is 58.4 Å². The number of aromatic nitrogens is 2. The van der Waals surface area contributed by atoms with Crippen LogP contribution >= 0.6 is 22.6 Å². The van der Waals surface area contributed by atoms with Gasteiger partial charge in [-0.3, -0.25) is 9.97 Å². The normalized spacial score (nSPS) is 11.5. The van der Waals surface area contributed by atoms with Crippen molar-refractivity contribution in [2.45, 2.75) is 6.36 Å². The number of ether oxygens (including phenoxy) is 1. The van der Waals surface area contributed by atoms with Crippen LogP contribution in [0.1, 0.15) is 5.56 Å². The van der Waals surface area contributed by atoms with Gasteiger partial charge in [-0.15, -0.1) is 13.2 Å². The zero-order valence-corrected chi connectivity index (χ0v) is 14.3. The third kappa shape index (κ3) is 3.35. The van der Waals surface area contributed by atoms with Gasteiger partial charge in [0, 0.05) is 27.1 Å². The van der Waals surface area contributed by atoms with Crippen molar-refractivity contribution in [1.82, 2.24) is 9.97 Å². The highest BCUT2D eigenvalue weighted by molar-refractivity contribution is 14.1. The Balaban J connectivity index is 2.11. The van der Waals surface area contributed by atoms with Gasteiger partial charge in [-0.1, -0.05) is 24.8 Å². The fourth-order valence-corrected chi connectivity index (χ4v) is 3.16. The highest BCUT2D eigenvalue weighted by Gasteiger charge is 2.31. The number of fused-ring (bicyclic) bond motifs is 1. The zero-order valence-electron chi connectivity index (χ0n) is 12.1. The maximum absolute atomic E-state index is 12.3. The van der Waals surface area contributed by atoms with Crippen molar-refractivity contribution in [3.8, 4) is 16.9 Å². The van der Waals surface area contributed by atoms with Gasteiger partial charge in [0.2, 0.25) is 0 Å². The van der Waals surface area contributed by atoms with Crippen molar-refractivity contribution < 1.29 is 17.9 Å². The standard InChI is InChI=1S/C17H10F3IN2O/c1-2-12-14(21)9-13(16-15(12)22-7-8-23-16)10-3-5-11(6-4-10)24-17(18,19)20/h2-9H,1H2. The van der Waals surface area contributed by atoms with E-state index in [4.69, 9.17) is 0 Å². The van der Waals surface area contributed by atoms with E-state index >= 15 is 0 Å². The summed E-state index contributed by atoms with van der Waals surface area (Å²) in [5.74, 6) is -0.265. The van der Waals surface area contributed by atoms with Crippen LogP contribution in [0.3, 0.4) is 0 Å². The van der Waals surface area contributed by atoms with Gasteiger partial charge in [-0.25, -0.2) is 0 Å². The van der Waals surface area contributed by atoms with Crippen LogP contribution in [-0.2, 0) is 0 Å². The molecule has 0 bridgehead atoms. The molecule has 0 spiro atoms. The average Bonchev–Trinajstić information content (AvgIpc) is 2.53. The molecule has 2 aromatic carbocycles. The molecule has 0 saturated carbocycles. The number of nitrogens with zero attached hydrogens (tertiary/aromatic N) is 2. The molecule has 0 aliphatic heterocycles. The Kier molecular flexibility index (Phi) is 4.44. The molecule has 1 aromatic heterocycles. The Bertz CT molecular complexity index is 908. The lowest BCUT2D eigenvalue weighted by molar-refractivity contribution is -0.274. The minimum atomic E-state index is -4.71. The molecule has 3 aromatic rings. The summed E-state index contributed by atoms with van der Waals surface area (Å²) in [6.07, 6.45) is 0.172. The van der Waals surface area contributed by atoms with Crippen LogP contribution in [0.25, 0.3) is 28.2 Å². The first kappa shape index (κ1) is 16.7. The molecule has 0 amide bonds. The highest BCUT2D eigenvalue weighted by Crippen LogP contribution is 2.33. The van der Waals surface area contributed by atoms with Crippen LogP contribution in [0.5, 0.6) is 5.75 Å². The lowest BCUT2D eigenvalue weighted by Gasteiger charge is -2.12. The molecule has 122 valence electrons. The number of halogens is 4. The first-order valence-electron chi connectivity index (χ1n) is 6.81. The Labute approximate surface area is 149 Å². The van der Waals surface area contributed by atoms with E-state index in [9.17, 15) is 13.2 Å². The lowest BCUT2D eigenvalue weighted by Crippen LogP contribution is -2.16.